The number of rotatable bonds is 5. The standard InChI is InChI=1S/C14H22N2O3S/c1-4-9(3)11-12(13(17)18)20-14(15-11)16-6-7-19-8-10(16)5-2/h9-10H,4-8H2,1-3H3,(H,17,18). The number of carboxylic acid groups (broad SMARTS) is 1. The highest BCUT2D eigenvalue weighted by atomic mass is 32.1. The van der Waals surface area contributed by atoms with Crippen LogP contribution < -0.4 is 4.90 Å². The van der Waals surface area contributed by atoms with Gasteiger partial charge in [0.2, 0.25) is 0 Å². The summed E-state index contributed by atoms with van der Waals surface area (Å²) in [5.74, 6) is -0.697. The smallest absolute Gasteiger partial charge is 0.347 e. The van der Waals surface area contributed by atoms with Crippen molar-refractivity contribution in [1.82, 2.24) is 4.98 Å². The Morgan fingerprint density at radius 3 is 2.95 bits per heavy atom. The van der Waals surface area contributed by atoms with Gasteiger partial charge in [0.25, 0.3) is 0 Å². The Kier molecular flexibility index (Phi) is 4.99. The molecule has 0 saturated carbocycles. The molecule has 1 saturated heterocycles. The molecule has 1 aliphatic heterocycles. The minimum Gasteiger partial charge on any atom is -0.477 e. The topological polar surface area (TPSA) is 62.7 Å². The molecule has 1 N–H and O–H groups in total. The molecule has 20 heavy (non-hydrogen) atoms. The minimum atomic E-state index is -0.870. The average molecular weight is 298 g/mol. The first kappa shape index (κ1) is 15.3. The highest BCUT2D eigenvalue weighted by Crippen LogP contribution is 2.34. The van der Waals surface area contributed by atoms with Crippen LogP contribution >= 0.6 is 11.3 Å². The Balaban J connectivity index is 2.34. The van der Waals surface area contributed by atoms with Gasteiger partial charge in [0, 0.05) is 6.54 Å². The number of aromatic nitrogens is 1. The van der Waals surface area contributed by atoms with Crippen LogP contribution in [-0.4, -0.2) is 41.9 Å². The van der Waals surface area contributed by atoms with Gasteiger partial charge in [-0.25, -0.2) is 9.78 Å². The van der Waals surface area contributed by atoms with Gasteiger partial charge in [-0.05, 0) is 18.8 Å². The van der Waals surface area contributed by atoms with E-state index in [9.17, 15) is 9.90 Å². The largest absolute Gasteiger partial charge is 0.477 e. The molecule has 1 aliphatic rings. The first-order valence-corrected chi connectivity index (χ1v) is 7.98. The molecular weight excluding hydrogens is 276 g/mol. The van der Waals surface area contributed by atoms with Gasteiger partial charge in [-0.15, -0.1) is 0 Å². The van der Waals surface area contributed by atoms with E-state index >= 15 is 0 Å². The molecular formula is C14H22N2O3S. The number of ether oxygens (including phenoxy) is 1. The number of carboxylic acids is 1. The van der Waals surface area contributed by atoms with E-state index in [0.717, 1.165) is 30.2 Å². The van der Waals surface area contributed by atoms with Crippen molar-refractivity contribution in [2.45, 2.75) is 45.6 Å². The zero-order chi connectivity index (χ0) is 14.7. The number of aromatic carboxylic acids is 1. The van der Waals surface area contributed by atoms with Crippen molar-refractivity contribution in [3.05, 3.63) is 10.6 Å². The van der Waals surface area contributed by atoms with Crippen molar-refractivity contribution in [1.29, 1.82) is 0 Å². The summed E-state index contributed by atoms with van der Waals surface area (Å²) in [5, 5.41) is 10.2. The lowest BCUT2D eigenvalue weighted by Gasteiger charge is -2.34. The molecule has 0 amide bonds. The first-order chi connectivity index (χ1) is 9.58. The van der Waals surface area contributed by atoms with Crippen LogP contribution in [0.15, 0.2) is 0 Å². The second-order valence-corrected chi connectivity index (χ2v) is 6.13. The third-order valence-electron chi connectivity index (χ3n) is 3.86. The fraction of sp³-hybridized carbons (Fsp3) is 0.714. The number of hydrogen-bond donors (Lipinski definition) is 1. The maximum absolute atomic E-state index is 11.4. The monoisotopic (exact) mass is 298 g/mol. The third-order valence-corrected chi connectivity index (χ3v) is 4.96. The Morgan fingerprint density at radius 1 is 1.60 bits per heavy atom. The average Bonchev–Trinajstić information content (AvgIpc) is 2.91. The van der Waals surface area contributed by atoms with Crippen molar-refractivity contribution < 1.29 is 14.6 Å². The maximum Gasteiger partial charge on any atom is 0.347 e. The quantitative estimate of drug-likeness (QED) is 0.905. The van der Waals surface area contributed by atoms with E-state index < -0.39 is 5.97 Å². The molecule has 112 valence electrons. The molecule has 0 spiro atoms. The number of thiazole rings is 1. The van der Waals surface area contributed by atoms with E-state index in [1.54, 1.807) is 0 Å². The summed E-state index contributed by atoms with van der Waals surface area (Å²) in [6.45, 7) is 8.35. The van der Waals surface area contributed by atoms with Gasteiger partial charge in [0.05, 0.1) is 24.9 Å². The van der Waals surface area contributed by atoms with E-state index in [0.29, 0.717) is 24.1 Å². The van der Waals surface area contributed by atoms with Gasteiger partial charge in [-0.3, -0.25) is 0 Å². The Morgan fingerprint density at radius 2 is 2.35 bits per heavy atom. The van der Waals surface area contributed by atoms with Crippen molar-refractivity contribution in [3.63, 3.8) is 0 Å². The van der Waals surface area contributed by atoms with Gasteiger partial charge >= 0.3 is 5.97 Å². The van der Waals surface area contributed by atoms with Crippen LogP contribution in [0.2, 0.25) is 0 Å². The lowest BCUT2D eigenvalue weighted by atomic mass is 10.0. The number of morpholine rings is 1. The summed E-state index contributed by atoms with van der Waals surface area (Å²) >= 11 is 1.30. The third kappa shape index (κ3) is 2.96. The predicted octanol–water partition coefficient (Wildman–Crippen LogP) is 2.97. The molecule has 1 aromatic heterocycles. The molecule has 0 radical (unpaired) electrons. The fourth-order valence-corrected chi connectivity index (χ4v) is 3.49. The maximum atomic E-state index is 11.4. The molecule has 1 fully saturated rings. The Hall–Kier alpha value is -1.14. The van der Waals surface area contributed by atoms with Crippen LogP contribution in [0.3, 0.4) is 0 Å². The molecule has 2 rings (SSSR count). The predicted molar refractivity (Wildman–Crippen MR) is 80.0 cm³/mol. The second kappa shape index (κ2) is 6.54. The van der Waals surface area contributed by atoms with E-state index in [1.165, 1.54) is 11.3 Å². The molecule has 0 aliphatic carbocycles. The molecule has 2 atom stereocenters. The molecule has 2 unspecified atom stereocenters. The van der Waals surface area contributed by atoms with E-state index in [1.807, 2.05) is 6.92 Å². The summed E-state index contributed by atoms with van der Waals surface area (Å²) < 4.78 is 5.50. The van der Waals surface area contributed by atoms with Crippen LogP contribution in [0.1, 0.15) is 54.9 Å². The highest BCUT2D eigenvalue weighted by Gasteiger charge is 2.28. The van der Waals surface area contributed by atoms with Crippen LogP contribution in [-0.2, 0) is 4.74 Å². The van der Waals surface area contributed by atoms with Gasteiger partial charge in [0.1, 0.15) is 4.88 Å². The van der Waals surface area contributed by atoms with Crippen molar-refractivity contribution >= 4 is 22.4 Å². The SMILES string of the molecule is CCC(C)c1nc(N2CCOCC2CC)sc1C(=O)O. The van der Waals surface area contributed by atoms with Crippen molar-refractivity contribution in [2.24, 2.45) is 0 Å². The van der Waals surface area contributed by atoms with E-state index in [4.69, 9.17) is 4.74 Å². The molecule has 1 aromatic rings. The summed E-state index contributed by atoms with van der Waals surface area (Å²) in [4.78, 5) is 18.6. The van der Waals surface area contributed by atoms with Crippen LogP contribution in [0.5, 0.6) is 0 Å². The van der Waals surface area contributed by atoms with Gasteiger partial charge in [-0.2, -0.15) is 0 Å². The van der Waals surface area contributed by atoms with Crippen LogP contribution in [0.4, 0.5) is 5.13 Å². The number of carbonyl (C=O) groups is 1. The van der Waals surface area contributed by atoms with E-state index in [2.05, 4.69) is 23.7 Å². The van der Waals surface area contributed by atoms with Gasteiger partial charge in [-0.1, -0.05) is 32.1 Å². The molecule has 6 heteroatoms. The summed E-state index contributed by atoms with van der Waals surface area (Å²) in [6.07, 6.45) is 1.87. The molecule has 0 aromatic carbocycles. The summed E-state index contributed by atoms with van der Waals surface area (Å²) in [5.41, 5.74) is 0.723. The normalized spacial score (nSPS) is 20.9. The highest BCUT2D eigenvalue weighted by molar-refractivity contribution is 7.17. The number of anilines is 1. The molecule has 0 bridgehead atoms. The minimum absolute atomic E-state index is 0.173. The van der Waals surface area contributed by atoms with Crippen molar-refractivity contribution in [3.8, 4) is 0 Å². The zero-order valence-corrected chi connectivity index (χ0v) is 13.1. The lowest BCUT2D eigenvalue weighted by Crippen LogP contribution is -2.45. The van der Waals surface area contributed by atoms with Crippen LogP contribution in [0, 0.1) is 0 Å². The van der Waals surface area contributed by atoms with Crippen LogP contribution in [0.25, 0.3) is 0 Å². The fourth-order valence-electron chi connectivity index (χ4n) is 2.37. The van der Waals surface area contributed by atoms with Gasteiger partial charge < -0.3 is 14.7 Å². The Bertz CT molecular complexity index is 475. The van der Waals surface area contributed by atoms with E-state index in [-0.39, 0.29) is 5.92 Å². The summed E-state index contributed by atoms with van der Waals surface area (Å²) in [6, 6.07) is 0.293. The summed E-state index contributed by atoms with van der Waals surface area (Å²) in [7, 11) is 0. The lowest BCUT2D eigenvalue weighted by molar-refractivity contribution is 0.0700. The zero-order valence-electron chi connectivity index (χ0n) is 12.3. The second-order valence-electron chi connectivity index (χ2n) is 5.16. The van der Waals surface area contributed by atoms with Crippen molar-refractivity contribution in [2.75, 3.05) is 24.7 Å². The number of nitrogens with zero attached hydrogens (tertiary/aromatic N) is 2. The van der Waals surface area contributed by atoms with Gasteiger partial charge in [0.15, 0.2) is 5.13 Å². The molecule has 5 nitrogen and oxygen atoms in total. The first-order valence-electron chi connectivity index (χ1n) is 7.16. The Labute approximate surface area is 123 Å². The molecule has 2 heterocycles. The number of hydrogen-bond acceptors (Lipinski definition) is 5.